The van der Waals surface area contributed by atoms with Crippen molar-refractivity contribution in [1.29, 1.82) is 0 Å². The van der Waals surface area contributed by atoms with E-state index in [1.807, 2.05) is 6.92 Å². The molecule has 0 amide bonds. The summed E-state index contributed by atoms with van der Waals surface area (Å²) in [6, 6.07) is 0.126. The second kappa shape index (κ2) is 7.34. The van der Waals surface area contributed by atoms with Crippen molar-refractivity contribution >= 4 is 10.0 Å². The Morgan fingerprint density at radius 3 is 2.18 bits per heavy atom. The molecule has 0 bridgehead atoms. The zero-order chi connectivity index (χ0) is 12.7. The molecule has 17 heavy (non-hydrogen) atoms. The van der Waals surface area contributed by atoms with Crippen molar-refractivity contribution < 1.29 is 8.42 Å². The third kappa shape index (κ3) is 4.94. The van der Waals surface area contributed by atoms with Gasteiger partial charge in [0.15, 0.2) is 0 Å². The van der Waals surface area contributed by atoms with Crippen molar-refractivity contribution in [3.63, 3.8) is 0 Å². The molecule has 1 rings (SSSR count). The summed E-state index contributed by atoms with van der Waals surface area (Å²) in [5, 5.41) is -0.437. The summed E-state index contributed by atoms with van der Waals surface area (Å²) < 4.78 is 27.0. The highest BCUT2D eigenvalue weighted by Gasteiger charge is 2.25. The van der Waals surface area contributed by atoms with E-state index < -0.39 is 15.3 Å². The summed E-state index contributed by atoms with van der Waals surface area (Å²) in [6.07, 6.45) is 8.54. The van der Waals surface area contributed by atoms with E-state index in [0.29, 0.717) is 6.42 Å². The maximum absolute atomic E-state index is 12.1. The topological polar surface area (TPSA) is 72.2 Å². The molecule has 0 aromatic heterocycles. The Morgan fingerprint density at radius 1 is 1.18 bits per heavy atom. The first-order valence-corrected chi connectivity index (χ1v) is 8.36. The van der Waals surface area contributed by atoms with Crippen molar-refractivity contribution in [1.82, 2.24) is 4.72 Å². The van der Waals surface area contributed by atoms with Gasteiger partial charge in [-0.1, -0.05) is 39.0 Å². The number of sulfonamides is 1. The fourth-order valence-corrected chi connectivity index (χ4v) is 4.00. The lowest BCUT2D eigenvalue weighted by atomic mass is 9.97. The maximum Gasteiger partial charge on any atom is 0.215 e. The fraction of sp³-hybridized carbons (Fsp3) is 1.00. The smallest absolute Gasteiger partial charge is 0.215 e. The predicted octanol–water partition coefficient (Wildman–Crippen LogP) is 1.76. The van der Waals surface area contributed by atoms with Crippen molar-refractivity contribution in [2.75, 3.05) is 6.54 Å². The Balaban J connectivity index is 2.55. The first-order valence-electron chi connectivity index (χ1n) is 6.81. The average molecular weight is 262 g/mol. The molecule has 0 spiro atoms. The molecule has 0 aromatic carbocycles. The number of hydrogen-bond acceptors (Lipinski definition) is 3. The standard InChI is InChI=1S/C12H26N2O2S/c1-2-12(10-13)17(15,16)14-11-8-6-4-3-5-7-9-11/h11-12,14H,2-10,13H2,1H3. The lowest BCUT2D eigenvalue weighted by Gasteiger charge is -2.23. The van der Waals surface area contributed by atoms with Crippen LogP contribution in [0, 0.1) is 0 Å². The molecule has 1 saturated carbocycles. The Bertz CT molecular complexity index is 292. The van der Waals surface area contributed by atoms with Crippen molar-refractivity contribution in [2.24, 2.45) is 5.73 Å². The van der Waals surface area contributed by atoms with Crippen LogP contribution in [0.15, 0.2) is 0 Å². The predicted molar refractivity (Wildman–Crippen MR) is 71.3 cm³/mol. The third-order valence-corrected chi connectivity index (χ3v) is 5.66. The van der Waals surface area contributed by atoms with E-state index in [4.69, 9.17) is 5.73 Å². The molecule has 1 unspecified atom stereocenters. The van der Waals surface area contributed by atoms with Gasteiger partial charge in [0.05, 0.1) is 5.25 Å². The highest BCUT2D eigenvalue weighted by atomic mass is 32.2. The summed E-state index contributed by atoms with van der Waals surface area (Å²) in [5.74, 6) is 0. The monoisotopic (exact) mass is 262 g/mol. The zero-order valence-corrected chi connectivity index (χ0v) is 11.6. The number of nitrogens with one attached hydrogen (secondary N) is 1. The number of rotatable bonds is 5. The van der Waals surface area contributed by atoms with Gasteiger partial charge >= 0.3 is 0 Å². The van der Waals surface area contributed by atoms with E-state index in [1.54, 1.807) is 0 Å². The SMILES string of the molecule is CCC(CN)S(=O)(=O)NC1CCCCCCC1. The van der Waals surface area contributed by atoms with Crippen LogP contribution in [0.5, 0.6) is 0 Å². The molecule has 0 aromatic rings. The second-order valence-corrected chi connectivity index (χ2v) is 6.96. The van der Waals surface area contributed by atoms with Crippen molar-refractivity contribution in [3.8, 4) is 0 Å². The molecular weight excluding hydrogens is 236 g/mol. The van der Waals surface area contributed by atoms with E-state index in [0.717, 1.165) is 25.7 Å². The summed E-state index contributed by atoms with van der Waals surface area (Å²) in [7, 11) is -3.23. The summed E-state index contributed by atoms with van der Waals surface area (Å²) in [4.78, 5) is 0. The molecule has 1 aliphatic rings. The molecule has 0 aliphatic heterocycles. The van der Waals surface area contributed by atoms with E-state index in [-0.39, 0.29) is 12.6 Å². The van der Waals surface area contributed by atoms with Gasteiger partial charge in [0.1, 0.15) is 0 Å². The van der Waals surface area contributed by atoms with Gasteiger partial charge in [-0.15, -0.1) is 0 Å². The molecule has 1 aliphatic carbocycles. The minimum Gasteiger partial charge on any atom is -0.329 e. The van der Waals surface area contributed by atoms with Gasteiger partial charge in [0, 0.05) is 12.6 Å². The quantitative estimate of drug-likeness (QED) is 0.793. The lowest BCUT2D eigenvalue weighted by molar-refractivity contribution is 0.424. The zero-order valence-electron chi connectivity index (χ0n) is 10.8. The number of nitrogens with two attached hydrogens (primary N) is 1. The molecule has 3 N–H and O–H groups in total. The molecule has 1 atom stereocenters. The van der Waals surface area contributed by atoms with Crippen LogP contribution in [0.25, 0.3) is 0 Å². The van der Waals surface area contributed by atoms with Crippen LogP contribution in [0.3, 0.4) is 0 Å². The van der Waals surface area contributed by atoms with Crippen LogP contribution in [0.1, 0.15) is 58.3 Å². The minimum absolute atomic E-state index is 0.126. The van der Waals surface area contributed by atoms with Gasteiger partial charge in [-0.3, -0.25) is 0 Å². The van der Waals surface area contributed by atoms with Gasteiger partial charge in [-0.2, -0.15) is 0 Å². The highest BCUT2D eigenvalue weighted by molar-refractivity contribution is 7.90. The largest absolute Gasteiger partial charge is 0.329 e. The Labute approximate surface area is 105 Å². The minimum atomic E-state index is -3.23. The lowest BCUT2D eigenvalue weighted by Crippen LogP contribution is -2.43. The van der Waals surface area contributed by atoms with Gasteiger partial charge in [0.2, 0.25) is 10.0 Å². The molecule has 0 radical (unpaired) electrons. The first kappa shape index (κ1) is 14.9. The van der Waals surface area contributed by atoms with Crippen LogP contribution in [0.2, 0.25) is 0 Å². The van der Waals surface area contributed by atoms with Gasteiger partial charge in [-0.05, 0) is 19.3 Å². The summed E-state index contributed by atoms with van der Waals surface area (Å²) in [6.45, 7) is 2.08. The van der Waals surface area contributed by atoms with E-state index >= 15 is 0 Å². The van der Waals surface area contributed by atoms with E-state index in [1.165, 1.54) is 19.3 Å². The summed E-state index contributed by atoms with van der Waals surface area (Å²) in [5.41, 5.74) is 5.51. The second-order valence-electron chi connectivity index (χ2n) is 4.97. The van der Waals surface area contributed by atoms with Gasteiger partial charge < -0.3 is 5.73 Å². The first-order chi connectivity index (χ1) is 8.10. The molecule has 0 saturated heterocycles. The maximum atomic E-state index is 12.1. The Morgan fingerprint density at radius 2 is 1.71 bits per heavy atom. The van der Waals surface area contributed by atoms with Crippen LogP contribution >= 0.6 is 0 Å². The molecule has 0 heterocycles. The van der Waals surface area contributed by atoms with E-state index in [9.17, 15) is 8.42 Å². The molecule has 5 heteroatoms. The van der Waals surface area contributed by atoms with Crippen LogP contribution < -0.4 is 10.5 Å². The molecule has 1 fully saturated rings. The van der Waals surface area contributed by atoms with Crippen molar-refractivity contribution in [3.05, 3.63) is 0 Å². The molecular formula is C12H26N2O2S. The fourth-order valence-electron chi connectivity index (χ4n) is 2.42. The van der Waals surface area contributed by atoms with Crippen LogP contribution in [0.4, 0.5) is 0 Å². The Hall–Kier alpha value is -0.130. The summed E-state index contributed by atoms with van der Waals surface area (Å²) >= 11 is 0. The normalized spacial score (nSPS) is 21.8. The third-order valence-electron chi connectivity index (χ3n) is 3.59. The highest BCUT2D eigenvalue weighted by Crippen LogP contribution is 2.18. The molecule has 4 nitrogen and oxygen atoms in total. The van der Waals surface area contributed by atoms with Crippen LogP contribution in [-0.4, -0.2) is 26.3 Å². The van der Waals surface area contributed by atoms with E-state index in [2.05, 4.69) is 4.72 Å². The van der Waals surface area contributed by atoms with Gasteiger partial charge in [0.25, 0.3) is 0 Å². The number of hydrogen-bond donors (Lipinski definition) is 2. The van der Waals surface area contributed by atoms with Gasteiger partial charge in [-0.25, -0.2) is 13.1 Å². The van der Waals surface area contributed by atoms with Crippen LogP contribution in [-0.2, 0) is 10.0 Å². The average Bonchev–Trinajstić information content (AvgIpc) is 2.23. The van der Waals surface area contributed by atoms with Crippen molar-refractivity contribution in [2.45, 2.75) is 69.6 Å². The molecule has 102 valence electrons. The Kier molecular flexibility index (Phi) is 6.44.